The standard InChI is InChI=1S/C21H25FN4OS2/c1-13(2)10-25-15(4)14(3)23-20(25)28-11-17-12-29-21(24-17)26(16(5)27)19-9-7-6-8-18(19)22/h6-9,12-13H,10-11H2,1-5H3. The molecule has 0 radical (unpaired) electrons. The molecule has 29 heavy (non-hydrogen) atoms. The van der Waals surface area contributed by atoms with Crippen LogP contribution in [0.15, 0.2) is 34.8 Å². The van der Waals surface area contributed by atoms with Gasteiger partial charge < -0.3 is 4.57 Å². The Balaban J connectivity index is 1.80. The van der Waals surface area contributed by atoms with Gasteiger partial charge in [-0.05, 0) is 31.9 Å². The van der Waals surface area contributed by atoms with E-state index >= 15 is 0 Å². The fourth-order valence-electron chi connectivity index (χ4n) is 2.96. The fraction of sp³-hybridized carbons (Fsp3) is 0.381. The van der Waals surface area contributed by atoms with Crippen molar-refractivity contribution < 1.29 is 9.18 Å². The maximum Gasteiger partial charge on any atom is 0.230 e. The molecule has 3 rings (SSSR count). The topological polar surface area (TPSA) is 51.0 Å². The van der Waals surface area contributed by atoms with Gasteiger partial charge in [-0.2, -0.15) is 0 Å². The average Bonchev–Trinajstić information content (AvgIpc) is 3.21. The van der Waals surface area contributed by atoms with Crippen molar-refractivity contribution in [2.75, 3.05) is 4.90 Å². The van der Waals surface area contributed by atoms with Crippen molar-refractivity contribution >= 4 is 39.8 Å². The normalized spacial score (nSPS) is 11.3. The fourth-order valence-corrected chi connectivity index (χ4v) is 4.94. The van der Waals surface area contributed by atoms with Crippen LogP contribution in [-0.4, -0.2) is 20.4 Å². The Labute approximate surface area is 179 Å². The number of hydrogen-bond acceptors (Lipinski definition) is 5. The van der Waals surface area contributed by atoms with Gasteiger partial charge in [-0.25, -0.2) is 14.4 Å². The molecule has 0 bridgehead atoms. The number of para-hydroxylation sites is 1. The summed E-state index contributed by atoms with van der Waals surface area (Å²) >= 11 is 2.96. The Hall–Kier alpha value is -2.19. The number of carbonyl (C=O) groups excluding carboxylic acids is 1. The highest BCUT2D eigenvalue weighted by Gasteiger charge is 2.21. The second-order valence-electron chi connectivity index (χ2n) is 7.29. The Morgan fingerprint density at radius 1 is 1.28 bits per heavy atom. The molecular formula is C21H25FN4OS2. The predicted octanol–water partition coefficient (Wildman–Crippen LogP) is 5.73. The molecule has 2 aromatic heterocycles. The summed E-state index contributed by atoms with van der Waals surface area (Å²) in [5.74, 6) is 0.434. The molecule has 5 nitrogen and oxygen atoms in total. The van der Waals surface area contributed by atoms with E-state index in [0.717, 1.165) is 23.1 Å². The van der Waals surface area contributed by atoms with Gasteiger partial charge >= 0.3 is 0 Å². The van der Waals surface area contributed by atoms with Gasteiger partial charge in [-0.1, -0.05) is 37.7 Å². The van der Waals surface area contributed by atoms with Gasteiger partial charge in [0.15, 0.2) is 10.3 Å². The van der Waals surface area contributed by atoms with E-state index in [2.05, 4.69) is 30.3 Å². The van der Waals surface area contributed by atoms with Gasteiger partial charge in [0, 0.05) is 30.3 Å². The molecule has 2 heterocycles. The maximum absolute atomic E-state index is 14.2. The second-order valence-corrected chi connectivity index (χ2v) is 9.06. The number of carbonyl (C=O) groups is 1. The largest absolute Gasteiger partial charge is 0.323 e. The van der Waals surface area contributed by atoms with Crippen LogP contribution in [0.4, 0.5) is 15.2 Å². The molecule has 0 aliphatic carbocycles. The van der Waals surface area contributed by atoms with E-state index in [4.69, 9.17) is 4.98 Å². The third kappa shape index (κ3) is 4.87. The number of thiazole rings is 1. The van der Waals surface area contributed by atoms with E-state index in [0.29, 0.717) is 16.8 Å². The van der Waals surface area contributed by atoms with Gasteiger partial charge in [-0.15, -0.1) is 11.3 Å². The molecule has 0 aliphatic heterocycles. The van der Waals surface area contributed by atoms with Crippen molar-refractivity contribution in [2.45, 2.75) is 52.1 Å². The summed E-state index contributed by atoms with van der Waals surface area (Å²) in [4.78, 5) is 22.8. The molecule has 3 aromatic rings. The minimum atomic E-state index is -0.449. The van der Waals surface area contributed by atoms with Crippen molar-refractivity contribution in [1.29, 1.82) is 0 Å². The molecule has 0 saturated carbocycles. The van der Waals surface area contributed by atoms with Gasteiger partial charge in [0.2, 0.25) is 5.91 Å². The van der Waals surface area contributed by atoms with Crippen molar-refractivity contribution in [3.05, 3.63) is 52.5 Å². The number of benzene rings is 1. The monoisotopic (exact) mass is 432 g/mol. The summed E-state index contributed by atoms with van der Waals surface area (Å²) in [6.45, 7) is 10.8. The maximum atomic E-state index is 14.2. The van der Waals surface area contributed by atoms with Crippen molar-refractivity contribution in [1.82, 2.24) is 14.5 Å². The van der Waals surface area contributed by atoms with Crippen LogP contribution >= 0.6 is 23.1 Å². The van der Waals surface area contributed by atoms with E-state index in [-0.39, 0.29) is 11.6 Å². The molecule has 0 N–H and O–H groups in total. The predicted molar refractivity (Wildman–Crippen MR) is 117 cm³/mol. The molecule has 0 spiro atoms. The van der Waals surface area contributed by atoms with Crippen LogP contribution in [0.3, 0.4) is 0 Å². The van der Waals surface area contributed by atoms with Crippen molar-refractivity contribution in [3.63, 3.8) is 0 Å². The third-order valence-corrected chi connectivity index (χ3v) is 6.34. The highest BCUT2D eigenvalue weighted by atomic mass is 32.2. The highest BCUT2D eigenvalue weighted by molar-refractivity contribution is 7.98. The van der Waals surface area contributed by atoms with Gasteiger partial charge in [0.05, 0.1) is 17.1 Å². The summed E-state index contributed by atoms with van der Waals surface area (Å²) in [7, 11) is 0. The first-order valence-corrected chi connectivity index (χ1v) is 11.3. The van der Waals surface area contributed by atoms with Crippen LogP contribution in [0, 0.1) is 25.6 Å². The van der Waals surface area contributed by atoms with Crippen LogP contribution in [0.1, 0.15) is 37.9 Å². The lowest BCUT2D eigenvalue weighted by molar-refractivity contribution is -0.115. The number of aromatic nitrogens is 3. The molecule has 0 atom stereocenters. The SMILES string of the molecule is CC(=O)N(c1nc(CSc2nc(C)c(C)n2CC(C)C)cs1)c1ccccc1F. The zero-order valence-corrected chi connectivity index (χ0v) is 18.9. The van der Waals surface area contributed by atoms with Crippen LogP contribution in [-0.2, 0) is 17.1 Å². The molecular weight excluding hydrogens is 407 g/mol. The quantitative estimate of drug-likeness (QED) is 0.448. The van der Waals surface area contributed by atoms with Crippen molar-refractivity contribution in [3.8, 4) is 0 Å². The Kier molecular flexibility index (Phi) is 6.74. The first kappa shape index (κ1) is 21.5. The third-order valence-electron chi connectivity index (χ3n) is 4.46. The van der Waals surface area contributed by atoms with Crippen LogP contribution in [0.5, 0.6) is 0 Å². The zero-order valence-electron chi connectivity index (χ0n) is 17.3. The Bertz CT molecular complexity index is 1010. The number of nitrogens with zero attached hydrogens (tertiary/aromatic N) is 4. The average molecular weight is 433 g/mol. The molecule has 0 fully saturated rings. The molecule has 8 heteroatoms. The number of thioether (sulfide) groups is 1. The van der Waals surface area contributed by atoms with Crippen LogP contribution in [0.25, 0.3) is 0 Å². The number of hydrogen-bond donors (Lipinski definition) is 0. The number of imidazole rings is 1. The number of aryl methyl sites for hydroxylation is 1. The lowest BCUT2D eigenvalue weighted by Gasteiger charge is -2.18. The van der Waals surface area contributed by atoms with Gasteiger partial charge in [0.1, 0.15) is 5.82 Å². The molecule has 1 aromatic carbocycles. The Morgan fingerprint density at radius 3 is 2.66 bits per heavy atom. The van der Waals surface area contributed by atoms with E-state index < -0.39 is 5.82 Å². The number of halogens is 1. The molecule has 154 valence electrons. The van der Waals surface area contributed by atoms with Crippen LogP contribution < -0.4 is 4.90 Å². The zero-order chi connectivity index (χ0) is 21.1. The minimum Gasteiger partial charge on any atom is -0.323 e. The molecule has 0 unspecified atom stereocenters. The van der Waals surface area contributed by atoms with E-state index in [1.165, 1.54) is 34.9 Å². The first-order chi connectivity index (χ1) is 13.8. The second kappa shape index (κ2) is 9.09. The number of rotatable bonds is 7. The Morgan fingerprint density at radius 2 is 2.00 bits per heavy atom. The summed E-state index contributed by atoms with van der Waals surface area (Å²) < 4.78 is 16.5. The van der Waals surface area contributed by atoms with E-state index in [1.54, 1.807) is 30.0 Å². The summed E-state index contributed by atoms with van der Waals surface area (Å²) in [6.07, 6.45) is 0. The van der Waals surface area contributed by atoms with Gasteiger partial charge in [0.25, 0.3) is 0 Å². The highest BCUT2D eigenvalue weighted by Crippen LogP contribution is 2.33. The summed E-state index contributed by atoms with van der Waals surface area (Å²) in [6, 6.07) is 6.23. The van der Waals surface area contributed by atoms with E-state index in [1.807, 2.05) is 12.3 Å². The van der Waals surface area contributed by atoms with Gasteiger partial charge in [-0.3, -0.25) is 9.69 Å². The lowest BCUT2D eigenvalue weighted by Crippen LogP contribution is -2.23. The molecule has 0 saturated heterocycles. The summed E-state index contributed by atoms with van der Waals surface area (Å²) in [5.41, 5.74) is 3.27. The molecule has 1 amide bonds. The van der Waals surface area contributed by atoms with Crippen molar-refractivity contribution in [2.24, 2.45) is 5.92 Å². The van der Waals surface area contributed by atoms with Crippen LogP contribution in [0.2, 0.25) is 0 Å². The first-order valence-electron chi connectivity index (χ1n) is 9.44. The number of amides is 1. The lowest BCUT2D eigenvalue weighted by atomic mass is 10.2. The minimum absolute atomic E-state index is 0.215. The number of anilines is 2. The summed E-state index contributed by atoms with van der Waals surface area (Å²) in [5, 5.41) is 3.35. The molecule has 0 aliphatic rings. The van der Waals surface area contributed by atoms with E-state index in [9.17, 15) is 9.18 Å². The smallest absolute Gasteiger partial charge is 0.230 e.